The molecule has 3 rings (SSSR count). The maximum absolute atomic E-state index is 6.26. The molecule has 0 spiro atoms. The number of hydrogen-bond donors (Lipinski definition) is 0. The van der Waals surface area contributed by atoms with Crippen molar-refractivity contribution in [1.82, 2.24) is 0 Å². The van der Waals surface area contributed by atoms with Crippen LogP contribution in [0.25, 0.3) is 16.8 Å². The summed E-state index contributed by atoms with van der Waals surface area (Å²) in [6, 6.07) is 22.8. The second kappa shape index (κ2) is 5.69. The first-order chi connectivity index (χ1) is 10.6. The number of ether oxygens (including phenoxy) is 1. The topological polar surface area (TPSA) is 9.23 Å². The van der Waals surface area contributed by atoms with Crippen LogP contribution >= 0.6 is 0 Å². The van der Waals surface area contributed by atoms with E-state index in [2.05, 4.69) is 62.9 Å². The molecule has 110 valence electrons. The van der Waals surface area contributed by atoms with Gasteiger partial charge in [0.1, 0.15) is 11.4 Å². The Balaban J connectivity index is 1.98. The van der Waals surface area contributed by atoms with Crippen molar-refractivity contribution < 1.29 is 4.74 Å². The molecule has 3 aromatic carbocycles. The fraction of sp³-hybridized carbons (Fsp3) is 0.143. The van der Waals surface area contributed by atoms with Gasteiger partial charge in [0.05, 0.1) is 0 Å². The van der Waals surface area contributed by atoms with Crippen molar-refractivity contribution in [2.24, 2.45) is 0 Å². The summed E-state index contributed by atoms with van der Waals surface area (Å²) < 4.78 is 6.26. The lowest BCUT2D eigenvalue weighted by molar-refractivity contribution is 0.110. The lowest BCUT2D eigenvalue weighted by Gasteiger charge is -2.28. The predicted octanol–water partition coefficient (Wildman–Crippen LogP) is 5.80. The zero-order chi connectivity index (χ0) is 15.6. The smallest absolute Gasteiger partial charge is 0.129 e. The fourth-order valence-corrected chi connectivity index (χ4v) is 2.77. The lowest BCUT2D eigenvalue weighted by atomic mass is 9.92. The Labute approximate surface area is 131 Å². The van der Waals surface area contributed by atoms with Crippen LogP contribution in [0, 0.1) is 0 Å². The van der Waals surface area contributed by atoms with Gasteiger partial charge in [0.25, 0.3) is 0 Å². The molecule has 22 heavy (non-hydrogen) atoms. The summed E-state index contributed by atoms with van der Waals surface area (Å²) in [5, 5.41) is 2.47. The first-order valence-electron chi connectivity index (χ1n) is 7.50. The molecule has 0 atom stereocenters. The zero-order valence-electron chi connectivity index (χ0n) is 13.0. The average molecular weight is 288 g/mol. The molecule has 0 N–H and O–H groups in total. The van der Waals surface area contributed by atoms with Gasteiger partial charge < -0.3 is 4.74 Å². The molecule has 0 aliphatic carbocycles. The van der Waals surface area contributed by atoms with E-state index < -0.39 is 5.60 Å². The molecule has 0 fully saturated rings. The molecule has 0 saturated carbocycles. The van der Waals surface area contributed by atoms with E-state index in [1.807, 2.05) is 30.3 Å². The molecule has 3 aromatic rings. The third-order valence-corrected chi connectivity index (χ3v) is 3.93. The van der Waals surface area contributed by atoms with Crippen molar-refractivity contribution in [2.75, 3.05) is 0 Å². The van der Waals surface area contributed by atoms with Crippen molar-refractivity contribution in [2.45, 2.75) is 19.4 Å². The highest BCUT2D eigenvalue weighted by molar-refractivity contribution is 5.86. The summed E-state index contributed by atoms with van der Waals surface area (Å²) >= 11 is 0. The number of hydrogen-bond acceptors (Lipinski definition) is 1. The maximum atomic E-state index is 6.26. The molecule has 1 heteroatoms. The normalized spacial score (nSPS) is 11.4. The highest BCUT2D eigenvalue weighted by Gasteiger charge is 2.24. The first-order valence-corrected chi connectivity index (χ1v) is 7.50. The molecule has 0 bridgehead atoms. The minimum atomic E-state index is -0.406. The average Bonchev–Trinajstić information content (AvgIpc) is 2.54. The van der Waals surface area contributed by atoms with Crippen molar-refractivity contribution in [3.63, 3.8) is 0 Å². The summed E-state index contributed by atoms with van der Waals surface area (Å²) in [5.74, 6) is 0.864. The van der Waals surface area contributed by atoms with Crippen molar-refractivity contribution >= 4 is 16.8 Å². The van der Waals surface area contributed by atoms with Gasteiger partial charge in [-0.25, -0.2) is 0 Å². The van der Waals surface area contributed by atoms with Crippen LogP contribution in [-0.4, -0.2) is 0 Å². The van der Waals surface area contributed by atoms with Crippen LogP contribution in [0.2, 0.25) is 0 Å². The lowest BCUT2D eigenvalue weighted by Crippen LogP contribution is -2.25. The van der Waals surface area contributed by atoms with Gasteiger partial charge >= 0.3 is 0 Å². The van der Waals surface area contributed by atoms with Gasteiger partial charge in [-0.15, -0.1) is 0 Å². The van der Waals surface area contributed by atoms with Crippen molar-refractivity contribution in [1.29, 1.82) is 0 Å². The summed E-state index contributed by atoms with van der Waals surface area (Å²) in [6.45, 7) is 7.99. The molecule has 0 aromatic heterocycles. The Morgan fingerprint density at radius 2 is 1.55 bits per heavy atom. The minimum Gasteiger partial charge on any atom is -0.483 e. The van der Waals surface area contributed by atoms with Gasteiger partial charge in [-0.2, -0.15) is 0 Å². The van der Waals surface area contributed by atoms with E-state index in [-0.39, 0.29) is 0 Å². The molecule has 0 unspecified atom stereocenters. The molecular weight excluding hydrogens is 268 g/mol. The van der Waals surface area contributed by atoms with Gasteiger partial charge in [0.15, 0.2) is 0 Å². The predicted molar refractivity (Wildman–Crippen MR) is 94.1 cm³/mol. The molecule has 0 saturated heterocycles. The molecule has 0 amide bonds. The Morgan fingerprint density at radius 1 is 0.864 bits per heavy atom. The molecular formula is C21H20O. The molecule has 0 radical (unpaired) electrons. The Bertz CT molecular complexity index is 792. The monoisotopic (exact) mass is 288 g/mol. The van der Waals surface area contributed by atoms with Gasteiger partial charge in [-0.3, -0.25) is 0 Å². The molecule has 0 aliphatic heterocycles. The van der Waals surface area contributed by atoms with Gasteiger partial charge in [-0.05, 0) is 42.3 Å². The SMILES string of the molecule is C=Cc1ccc(OC(C)(C)c2cccc3ccccc23)cc1. The van der Waals surface area contributed by atoms with E-state index in [9.17, 15) is 0 Å². The highest BCUT2D eigenvalue weighted by atomic mass is 16.5. The third kappa shape index (κ3) is 2.75. The van der Waals surface area contributed by atoms with Crippen LogP contribution in [0.3, 0.4) is 0 Å². The summed E-state index contributed by atoms with van der Waals surface area (Å²) in [4.78, 5) is 0. The first kappa shape index (κ1) is 14.4. The highest BCUT2D eigenvalue weighted by Crippen LogP contribution is 2.32. The van der Waals surface area contributed by atoms with E-state index >= 15 is 0 Å². The minimum absolute atomic E-state index is 0.406. The second-order valence-electron chi connectivity index (χ2n) is 5.91. The van der Waals surface area contributed by atoms with Gasteiger partial charge in [0, 0.05) is 5.56 Å². The van der Waals surface area contributed by atoms with Crippen LogP contribution in [0.1, 0.15) is 25.0 Å². The number of fused-ring (bicyclic) bond motifs is 1. The van der Waals surface area contributed by atoms with Gasteiger partial charge in [0.2, 0.25) is 0 Å². The van der Waals surface area contributed by atoms with Crippen LogP contribution in [0.4, 0.5) is 0 Å². The maximum Gasteiger partial charge on any atom is 0.129 e. The van der Waals surface area contributed by atoms with E-state index in [0.29, 0.717) is 0 Å². The molecule has 0 heterocycles. The standard InChI is InChI=1S/C21H20O/c1-4-16-12-14-18(15-13-16)22-21(2,3)20-11-7-9-17-8-5-6-10-19(17)20/h4-15H,1H2,2-3H3. The largest absolute Gasteiger partial charge is 0.483 e. The Morgan fingerprint density at radius 3 is 2.27 bits per heavy atom. The summed E-state index contributed by atoms with van der Waals surface area (Å²) in [7, 11) is 0. The number of rotatable bonds is 4. The van der Waals surface area contributed by atoms with Crippen molar-refractivity contribution in [3.05, 3.63) is 84.4 Å². The second-order valence-corrected chi connectivity index (χ2v) is 5.91. The quantitative estimate of drug-likeness (QED) is 0.589. The Hall–Kier alpha value is -2.54. The van der Waals surface area contributed by atoms with E-state index in [0.717, 1.165) is 11.3 Å². The summed E-state index contributed by atoms with van der Waals surface area (Å²) in [6.07, 6.45) is 1.83. The zero-order valence-corrected chi connectivity index (χ0v) is 13.0. The van der Waals surface area contributed by atoms with Crippen LogP contribution in [-0.2, 0) is 5.60 Å². The fourth-order valence-electron chi connectivity index (χ4n) is 2.77. The van der Waals surface area contributed by atoms with E-state index in [4.69, 9.17) is 4.74 Å². The molecule has 1 nitrogen and oxygen atoms in total. The van der Waals surface area contributed by atoms with Crippen molar-refractivity contribution in [3.8, 4) is 5.75 Å². The summed E-state index contributed by atoms with van der Waals surface area (Å²) in [5.41, 5.74) is 1.88. The third-order valence-electron chi connectivity index (χ3n) is 3.93. The van der Waals surface area contributed by atoms with E-state index in [1.54, 1.807) is 0 Å². The van der Waals surface area contributed by atoms with Gasteiger partial charge in [-0.1, -0.05) is 67.3 Å². The van der Waals surface area contributed by atoms with Crippen LogP contribution < -0.4 is 4.74 Å². The Kier molecular flexibility index (Phi) is 3.72. The number of benzene rings is 3. The van der Waals surface area contributed by atoms with Crippen LogP contribution in [0.5, 0.6) is 5.75 Å². The molecule has 0 aliphatic rings. The van der Waals surface area contributed by atoms with Crippen LogP contribution in [0.15, 0.2) is 73.3 Å². The van der Waals surface area contributed by atoms with E-state index in [1.165, 1.54) is 16.3 Å².